The zero-order valence-electron chi connectivity index (χ0n) is 21.4. The van der Waals surface area contributed by atoms with Gasteiger partial charge in [-0.2, -0.15) is 0 Å². The molecule has 178 valence electrons. The lowest BCUT2D eigenvalue weighted by atomic mass is 9.89. The molecule has 0 saturated carbocycles. The second-order valence-electron chi connectivity index (χ2n) is 9.80. The number of hydrogen-bond acceptors (Lipinski definition) is 0. The first kappa shape index (κ1) is 29.7. The average Bonchev–Trinajstić information content (AvgIpc) is 2.77. The van der Waals surface area contributed by atoms with E-state index in [-0.39, 0.29) is 0 Å². The van der Waals surface area contributed by atoms with Gasteiger partial charge in [0, 0.05) is 0 Å². The molecule has 3 atom stereocenters. The van der Waals surface area contributed by atoms with Gasteiger partial charge in [0.1, 0.15) is 0 Å². The lowest BCUT2D eigenvalue weighted by Gasteiger charge is -2.17. The van der Waals surface area contributed by atoms with Gasteiger partial charge in [0.25, 0.3) is 0 Å². The van der Waals surface area contributed by atoms with Gasteiger partial charge in [-0.05, 0) is 37.0 Å². The third-order valence-electron chi connectivity index (χ3n) is 7.30. The van der Waals surface area contributed by atoms with Gasteiger partial charge in [0.15, 0.2) is 0 Å². The molecule has 0 rings (SSSR count). The van der Waals surface area contributed by atoms with Crippen molar-refractivity contribution in [3.05, 3.63) is 26.0 Å². The molecule has 0 aromatic rings. The number of hydrogen-bond donors (Lipinski definition) is 0. The zero-order valence-corrected chi connectivity index (χ0v) is 21.4. The molecule has 0 aliphatic rings. The van der Waals surface area contributed by atoms with Crippen LogP contribution in [0.1, 0.15) is 149 Å². The molecule has 3 unspecified atom stereocenters. The minimum absolute atomic E-state index is 0.903. The quantitative estimate of drug-likeness (QED) is 0.114. The van der Waals surface area contributed by atoms with Gasteiger partial charge >= 0.3 is 0 Å². The highest BCUT2D eigenvalue weighted by molar-refractivity contribution is 4.84. The Morgan fingerprint density at radius 3 is 1.57 bits per heavy atom. The molecule has 0 bridgehead atoms. The second kappa shape index (κ2) is 23.4. The predicted molar refractivity (Wildman–Crippen MR) is 140 cm³/mol. The maximum atomic E-state index is 4.00. The summed E-state index contributed by atoms with van der Waals surface area (Å²) in [5.74, 6) is 2.82. The van der Waals surface area contributed by atoms with E-state index in [1.807, 2.05) is 0 Å². The Hall–Kier alpha value is -0.260. The van der Waals surface area contributed by atoms with E-state index < -0.39 is 0 Å². The van der Waals surface area contributed by atoms with Gasteiger partial charge in [-0.1, -0.05) is 156 Å². The van der Waals surface area contributed by atoms with Crippen molar-refractivity contribution in [3.8, 4) is 0 Å². The van der Waals surface area contributed by atoms with Gasteiger partial charge in [-0.15, -0.1) is 0 Å². The van der Waals surface area contributed by atoms with Gasteiger partial charge in [0.05, 0.1) is 0 Å². The second-order valence-corrected chi connectivity index (χ2v) is 9.80. The van der Waals surface area contributed by atoms with Crippen molar-refractivity contribution < 1.29 is 0 Å². The first-order chi connectivity index (χ1) is 14.7. The molecule has 0 fully saturated rings. The lowest BCUT2D eigenvalue weighted by Crippen LogP contribution is -2.02. The van der Waals surface area contributed by atoms with Crippen LogP contribution in [0.25, 0.3) is 0 Å². The molecule has 0 N–H and O–H groups in total. The lowest BCUT2D eigenvalue weighted by molar-refractivity contribution is 0.373. The standard InChI is InChI=1S/C30H58/c1-6-11-13-18-23-29(9-4)24-19-16-14-15-17-20-25-30(10-5)27-21-26-28(8-3)22-12-7-2/h17,20,28-30H,1-2,6-16,18-19,21-27H2,3-5H3. The van der Waals surface area contributed by atoms with Crippen LogP contribution in [0.15, 0.2) is 12.2 Å². The summed E-state index contributed by atoms with van der Waals surface area (Å²) in [4.78, 5) is 0. The van der Waals surface area contributed by atoms with Crippen molar-refractivity contribution in [2.24, 2.45) is 17.8 Å². The number of unbranched alkanes of at least 4 members (excludes halogenated alkanes) is 7. The van der Waals surface area contributed by atoms with E-state index >= 15 is 0 Å². The van der Waals surface area contributed by atoms with Crippen molar-refractivity contribution in [1.82, 2.24) is 0 Å². The Morgan fingerprint density at radius 2 is 1.00 bits per heavy atom. The first-order valence-electron chi connectivity index (χ1n) is 13.9. The van der Waals surface area contributed by atoms with Crippen molar-refractivity contribution in [2.45, 2.75) is 149 Å². The summed E-state index contributed by atoms with van der Waals surface area (Å²) in [6.07, 6.45) is 32.1. The van der Waals surface area contributed by atoms with Gasteiger partial charge in [-0.3, -0.25) is 0 Å². The van der Waals surface area contributed by atoms with Crippen LogP contribution in [-0.4, -0.2) is 0 Å². The molecule has 2 radical (unpaired) electrons. The Labute approximate surface area is 193 Å². The van der Waals surface area contributed by atoms with Crippen molar-refractivity contribution >= 4 is 0 Å². The highest BCUT2D eigenvalue weighted by Gasteiger charge is 2.09. The fourth-order valence-electron chi connectivity index (χ4n) is 4.79. The smallest absolute Gasteiger partial charge is 0.0322 e. The van der Waals surface area contributed by atoms with E-state index in [4.69, 9.17) is 0 Å². The van der Waals surface area contributed by atoms with Gasteiger partial charge in [-0.25, -0.2) is 0 Å². The third kappa shape index (κ3) is 18.5. The van der Waals surface area contributed by atoms with Crippen LogP contribution < -0.4 is 0 Å². The average molecular weight is 419 g/mol. The van der Waals surface area contributed by atoms with Crippen molar-refractivity contribution in [1.29, 1.82) is 0 Å². The fraction of sp³-hybridized carbons (Fsp3) is 0.867. The zero-order chi connectivity index (χ0) is 22.3. The Balaban J connectivity index is 3.74. The summed E-state index contributed by atoms with van der Waals surface area (Å²) in [5, 5.41) is 0. The molecule has 0 aromatic heterocycles. The van der Waals surface area contributed by atoms with E-state index in [2.05, 4.69) is 46.8 Å². The maximum Gasteiger partial charge on any atom is -0.0322 e. The van der Waals surface area contributed by atoms with Crippen LogP contribution in [0.3, 0.4) is 0 Å². The summed E-state index contributed by atoms with van der Waals surface area (Å²) < 4.78 is 0. The molecule has 0 aliphatic carbocycles. The molecular weight excluding hydrogens is 360 g/mol. The van der Waals surface area contributed by atoms with E-state index in [0.717, 1.165) is 30.6 Å². The molecule has 0 amide bonds. The molecule has 0 heterocycles. The molecule has 0 nitrogen and oxygen atoms in total. The SMILES string of the molecule is [CH2]CCCCCC(CC)CCCCCC=CCC(CC)CCCC(CC)CCC[CH2]. The summed E-state index contributed by atoms with van der Waals surface area (Å²) in [5.41, 5.74) is 0. The van der Waals surface area contributed by atoms with Crippen LogP contribution in [0, 0.1) is 31.6 Å². The van der Waals surface area contributed by atoms with Gasteiger partial charge in [0.2, 0.25) is 0 Å². The monoisotopic (exact) mass is 418 g/mol. The molecule has 0 heteroatoms. The van der Waals surface area contributed by atoms with E-state index in [0.29, 0.717) is 0 Å². The minimum atomic E-state index is 0.903. The normalized spacial score (nSPS) is 15.0. The Kier molecular flexibility index (Phi) is 23.2. The number of allylic oxidation sites excluding steroid dienone is 2. The topological polar surface area (TPSA) is 0 Å². The van der Waals surface area contributed by atoms with Crippen LogP contribution in [0.5, 0.6) is 0 Å². The van der Waals surface area contributed by atoms with E-state index in [1.54, 1.807) is 0 Å². The molecule has 0 saturated heterocycles. The van der Waals surface area contributed by atoms with Crippen LogP contribution in [-0.2, 0) is 0 Å². The molecular formula is C30H58. The maximum absolute atomic E-state index is 4.00. The van der Waals surface area contributed by atoms with Crippen LogP contribution >= 0.6 is 0 Å². The largest absolute Gasteiger partial charge is 0.0885 e. The highest BCUT2D eigenvalue weighted by atomic mass is 14.1. The van der Waals surface area contributed by atoms with Gasteiger partial charge < -0.3 is 0 Å². The summed E-state index contributed by atoms with van der Waals surface area (Å²) >= 11 is 0. The van der Waals surface area contributed by atoms with Crippen molar-refractivity contribution in [2.75, 3.05) is 0 Å². The Bertz CT molecular complexity index is 342. The van der Waals surface area contributed by atoms with Crippen LogP contribution in [0.4, 0.5) is 0 Å². The van der Waals surface area contributed by atoms with E-state index in [1.165, 1.54) is 116 Å². The summed E-state index contributed by atoms with van der Waals surface area (Å²) in [6, 6.07) is 0. The summed E-state index contributed by atoms with van der Waals surface area (Å²) in [6.45, 7) is 15.1. The molecule has 0 spiro atoms. The first-order valence-corrected chi connectivity index (χ1v) is 13.9. The fourth-order valence-corrected chi connectivity index (χ4v) is 4.79. The molecule has 0 aromatic carbocycles. The molecule has 0 aliphatic heterocycles. The predicted octanol–water partition coefficient (Wildman–Crippen LogP) is 10.9. The molecule has 30 heavy (non-hydrogen) atoms. The Morgan fingerprint density at radius 1 is 0.500 bits per heavy atom. The van der Waals surface area contributed by atoms with Crippen LogP contribution in [0.2, 0.25) is 0 Å². The minimum Gasteiger partial charge on any atom is -0.0885 e. The third-order valence-corrected chi connectivity index (χ3v) is 7.30. The summed E-state index contributed by atoms with van der Waals surface area (Å²) in [7, 11) is 0. The van der Waals surface area contributed by atoms with Crippen molar-refractivity contribution in [3.63, 3.8) is 0 Å². The number of rotatable bonds is 23. The highest BCUT2D eigenvalue weighted by Crippen LogP contribution is 2.24. The van der Waals surface area contributed by atoms with E-state index in [9.17, 15) is 0 Å².